The zero-order valence-corrected chi connectivity index (χ0v) is 13.1. The topological polar surface area (TPSA) is 71.3 Å². The van der Waals surface area contributed by atoms with Crippen LogP contribution < -0.4 is 0 Å². The van der Waals surface area contributed by atoms with Gasteiger partial charge in [0.05, 0.1) is 19.8 Å². The van der Waals surface area contributed by atoms with Crippen molar-refractivity contribution in [3.63, 3.8) is 0 Å². The molecule has 0 rings (SSSR count). The molecule has 1 unspecified atom stereocenters. The van der Waals surface area contributed by atoms with E-state index in [0.717, 1.165) is 11.3 Å². The van der Waals surface area contributed by atoms with Crippen molar-refractivity contribution in [2.45, 2.75) is 40.4 Å². The smallest absolute Gasteiger partial charge is 0.159 e. The first-order valence-corrected chi connectivity index (χ1v) is 6.75. The van der Waals surface area contributed by atoms with Crippen LogP contribution in [0.25, 0.3) is 0 Å². The molecule has 5 heteroatoms. The Bertz CT molecular complexity index is 353. The molecule has 0 heterocycles. The molecule has 0 aliphatic rings. The fourth-order valence-electron chi connectivity index (χ4n) is 1.33. The van der Waals surface area contributed by atoms with Crippen molar-refractivity contribution >= 4 is 6.21 Å². The minimum absolute atomic E-state index is 0.0822. The van der Waals surface area contributed by atoms with E-state index in [2.05, 4.69) is 4.99 Å². The maximum atomic E-state index is 9.48. The third kappa shape index (κ3) is 9.72. The number of rotatable bonds is 9. The van der Waals surface area contributed by atoms with Crippen LogP contribution in [-0.2, 0) is 9.47 Å². The highest BCUT2D eigenvalue weighted by atomic mass is 16.6. The summed E-state index contributed by atoms with van der Waals surface area (Å²) in [4.78, 5) is 3.94. The summed E-state index contributed by atoms with van der Waals surface area (Å²) in [6.45, 7) is 9.80. The van der Waals surface area contributed by atoms with Gasteiger partial charge in [0.25, 0.3) is 0 Å². The van der Waals surface area contributed by atoms with E-state index in [1.807, 2.05) is 26.8 Å². The largest absolute Gasteiger partial charge is 0.493 e. The highest BCUT2D eigenvalue weighted by Gasteiger charge is 2.15. The van der Waals surface area contributed by atoms with E-state index < -0.39 is 5.79 Å². The molecule has 0 aromatic carbocycles. The fraction of sp³-hybridized carbons (Fsp3) is 0.667. The maximum absolute atomic E-state index is 9.48. The molecule has 0 aliphatic heterocycles. The second-order valence-corrected chi connectivity index (χ2v) is 5.15. The molecule has 0 aliphatic carbocycles. The van der Waals surface area contributed by atoms with Crippen molar-refractivity contribution in [1.82, 2.24) is 0 Å². The molecular weight excluding hydrogens is 258 g/mol. The molecule has 0 saturated heterocycles. The molecule has 0 aromatic rings. The van der Waals surface area contributed by atoms with E-state index in [1.54, 1.807) is 20.0 Å². The van der Waals surface area contributed by atoms with Gasteiger partial charge in [0.1, 0.15) is 5.76 Å². The normalized spacial score (nSPS) is 15.8. The Morgan fingerprint density at radius 2 is 2.00 bits per heavy atom. The van der Waals surface area contributed by atoms with Gasteiger partial charge >= 0.3 is 0 Å². The molecule has 5 nitrogen and oxygen atoms in total. The summed E-state index contributed by atoms with van der Waals surface area (Å²) in [5.74, 6) is -0.215. The van der Waals surface area contributed by atoms with E-state index in [9.17, 15) is 5.11 Å². The fourth-order valence-corrected chi connectivity index (χ4v) is 1.33. The molecule has 1 atom stereocenters. The van der Waals surface area contributed by atoms with Gasteiger partial charge in [0.15, 0.2) is 5.79 Å². The van der Waals surface area contributed by atoms with Gasteiger partial charge in [-0.05, 0) is 33.8 Å². The molecule has 0 spiro atoms. The Morgan fingerprint density at radius 1 is 1.35 bits per heavy atom. The van der Waals surface area contributed by atoms with Gasteiger partial charge in [0, 0.05) is 23.9 Å². The minimum atomic E-state index is -1.12. The molecular formula is C15H27NO4. The van der Waals surface area contributed by atoms with E-state index in [1.165, 1.54) is 6.21 Å². The van der Waals surface area contributed by atoms with Crippen molar-refractivity contribution in [1.29, 1.82) is 0 Å². The number of ether oxygens (including phenoxy) is 2. The van der Waals surface area contributed by atoms with Gasteiger partial charge in [-0.1, -0.05) is 6.92 Å². The lowest BCUT2D eigenvalue weighted by Gasteiger charge is -2.22. The number of aliphatic imine (C=N–C) groups is 1. The number of allylic oxidation sites excluding steroid dienone is 2. The van der Waals surface area contributed by atoms with Crippen LogP contribution in [0.15, 0.2) is 28.6 Å². The first-order valence-electron chi connectivity index (χ1n) is 6.75. The Balaban J connectivity index is 4.26. The predicted octanol–water partition coefficient (Wildman–Crippen LogP) is 2.25. The third-order valence-corrected chi connectivity index (χ3v) is 2.35. The average Bonchev–Trinajstić information content (AvgIpc) is 2.36. The molecule has 0 aromatic heterocycles. The lowest BCUT2D eigenvalue weighted by atomic mass is 10.2. The standard InChI is InChI=1S/C15H27NO4/c1-6-14(13(3)9-16-7-8-17)19-10-12(2)11-20-15(4,5)18/h6-7,9,12,17-18H,8,10-11H2,1-5H3/b13-9-,14-6-,16-7?. The van der Waals surface area contributed by atoms with E-state index >= 15 is 0 Å². The van der Waals surface area contributed by atoms with Gasteiger partial charge in [-0.15, -0.1) is 0 Å². The second kappa shape index (κ2) is 9.69. The number of hydrogen-bond acceptors (Lipinski definition) is 5. The predicted molar refractivity (Wildman–Crippen MR) is 80.5 cm³/mol. The summed E-state index contributed by atoms with van der Waals surface area (Å²) < 4.78 is 11.0. The zero-order valence-electron chi connectivity index (χ0n) is 13.1. The third-order valence-electron chi connectivity index (χ3n) is 2.35. The maximum Gasteiger partial charge on any atom is 0.159 e. The molecule has 0 fully saturated rings. The molecule has 20 heavy (non-hydrogen) atoms. The molecule has 116 valence electrons. The van der Waals surface area contributed by atoms with Crippen LogP contribution in [0.1, 0.15) is 34.6 Å². The van der Waals surface area contributed by atoms with E-state index in [0.29, 0.717) is 13.2 Å². The summed E-state index contributed by atoms with van der Waals surface area (Å²) in [7, 11) is 0. The lowest BCUT2D eigenvalue weighted by molar-refractivity contribution is -0.184. The van der Waals surface area contributed by atoms with Gasteiger partial charge in [-0.3, -0.25) is 4.99 Å². The van der Waals surface area contributed by atoms with Crippen molar-refractivity contribution < 1.29 is 19.7 Å². The highest BCUT2D eigenvalue weighted by Crippen LogP contribution is 2.14. The van der Waals surface area contributed by atoms with Crippen LogP contribution in [0, 0.1) is 5.92 Å². The minimum Gasteiger partial charge on any atom is -0.493 e. The van der Waals surface area contributed by atoms with Crippen molar-refractivity contribution in [2.24, 2.45) is 10.9 Å². The summed E-state index contributed by atoms with van der Waals surface area (Å²) in [5.41, 5.74) is 0.882. The average molecular weight is 285 g/mol. The zero-order chi connectivity index (χ0) is 15.6. The Labute approximate surface area is 121 Å². The van der Waals surface area contributed by atoms with Gasteiger partial charge < -0.3 is 19.7 Å². The number of hydrogen-bond donors (Lipinski definition) is 2. The van der Waals surface area contributed by atoms with Gasteiger partial charge in [-0.25, -0.2) is 0 Å². The molecule has 0 radical (unpaired) electrons. The second-order valence-electron chi connectivity index (χ2n) is 5.15. The Kier molecular flexibility index (Phi) is 9.12. The Hall–Kier alpha value is -1.17. The van der Waals surface area contributed by atoms with Crippen LogP contribution in [0.5, 0.6) is 0 Å². The quantitative estimate of drug-likeness (QED) is 0.295. The van der Waals surface area contributed by atoms with Crippen molar-refractivity contribution in [3.05, 3.63) is 23.6 Å². The lowest BCUT2D eigenvalue weighted by Crippen LogP contribution is -2.27. The van der Waals surface area contributed by atoms with Gasteiger partial charge in [-0.2, -0.15) is 0 Å². The SMILES string of the molecule is C/C=C(OCC(C)COC(C)(C)O)/C(C)=C\N=CCO. The van der Waals surface area contributed by atoms with Crippen LogP contribution >= 0.6 is 0 Å². The molecule has 0 saturated carbocycles. The van der Waals surface area contributed by atoms with Gasteiger partial charge in [0.2, 0.25) is 0 Å². The first-order chi connectivity index (χ1) is 9.30. The van der Waals surface area contributed by atoms with E-state index in [4.69, 9.17) is 14.6 Å². The number of aliphatic hydroxyl groups excluding tert-OH is 1. The van der Waals surface area contributed by atoms with Crippen molar-refractivity contribution in [2.75, 3.05) is 19.8 Å². The van der Waals surface area contributed by atoms with Crippen LogP contribution in [0.4, 0.5) is 0 Å². The number of nitrogens with zero attached hydrogens (tertiary/aromatic N) is 1. The molecule has 0 amide bonds. The summed E-state index contributed by atoms with van der Waals surface area (Å²) >= 11 is 0. The van der Waals surface area contributed by atoms with Crippen LogP contribution in [0.2, 0.25) is 0 Å². The highest BCUT2D eigenvalue weighted by molar-refractivity contribution is 5.59. The van der Waals surface area contributed by atoms with Crippen LogP contribution in [0.3, 0.4) is 0 Å². The van der Waals surface area contributed by atoms with Crippen LogP contribution in [-0.4, -0.2) is 42.0 Å². The summed E-state index contributed by atoms with van der Waals surface area (Å²) in [6, 6.07) is 0. The van der Waals surface area contributed by atoms with E-state index in [-0.39, 0.29) is 12.5 Å². The summed E-state index contributed by atoms with van der Waals surface area (Å²) in [6.07, 6.45) is 4.92. The monoisotopic (exact) mass is 285 g/mol. The number of aliphatic hydroxyl groups is 2. The Morgan fingerprint density at radius 3 is 2.50 bits per heavy atom. The molecule has 0 bridgehead atoms. The molecule has 2 N–H and O–H groups in total. The van der Waals surface area contributed by atoms with Crippen molar-refractivity contribution in [3.8, 4) is 0 Å². The summed E-state index contributed by atoms with van der Waals surface area (Å²) in [5, 5.41) is 18.1. The first kappa shape index (κ1) is 18.8.